The molecule has 0 saturated heterocycles. The monoisotopic (exact) mass is 196 g/mol. The SMILES string of the molecule is COCc1cccc(OC[C@@H](C)O)c1. The van der Waals surface area contributed by atoms with E-state index in [9.17, 15) is 0 Å². The summed E-state index contributed by atoms with van der Waals surface area (Å²) in [7, 11) is 1.66. The smallest absolute Gasteiger partial charge is 0.119 e. The lowest BCUT2D eigenvalue weighted by molar-refractivity contribution is 0.122. The Hall–Kier alpha value is -1.06. The molecule has 0 radical (unpaired) electrons. The number of rotatable bonds is 5. The van der Waals surface area contributed by atoms with E-state index in [1.807, 2.05) is 24.3 Å². The number of aliphatic hydroxyl groups is 1. The predicted octanol–water partition coefficient (Wildman–Crippen LogP) is 1.59. The van der Waals surface area contributed by atoms with Gasteiger partial charge in [-0.15, -0.1) is 0 Å². The summed E-state index contributed by atoms with van der Waals surface area (Å²) in [5, 5.41) is 9.04. The molecule has 3 heteroatoms. The van der Waals surface area contributed by atoms with Crippen LogP contribution in [0.4, 0.5) is 0 Å². The van der Waals surface area contributed by atoms with E-state index in [0.717, 1.165) is 11.3 Å². The Morgan fingerprint density at radius 1 is 1.43 bits per heavy atom. The van der Waals surface area contributed by atoms with Gasteiger partial charge in [0, 0.05) is 7.11 Å². The molecule has 0 saturated carbocycles. The summed E-state index contributed by atoms with van der Waals surface area (Å²) in [4.78, 5) is 0. The maximum Gasteiger partial charge on any atom is 0.119 e. The Morgan fingerprint density at radius 3 is 2.86 bits per heavy atom. The van der Waals surface area contributed by atoms with Crippen molar-refractivity contribution in [3.05, 3.63) is 29.8 Å². The fraction of sp³-hybridized carbons (Fsp3) is 0.455. The maximum absolute atomic E-state index is 9.04. The molecule has 1 atom stereocenters. The molecule has 0 unspecified atom stereocenters. The van der Waals surface area contributed by atoms with Gasteiger partial charge in [0.1, 0.15) is 12.4 Å². The molecule has 1 aromatic carbocycles. The number of ether oxygens (including phenoxy) is 2. The minimum absolute atomic E-state index is 0.316. The van der Waals surface area contributed by atoms with Crippen molar-refractivity contribution >= 4 is 0 Å². The second kappa shape index (κ2) is 5.62. The van der Waals surface area contributed by atoms with E-state index in [0.29, 0.717) is 13.2 Å². The summed E-state index contributed by atoms with van der Waals surface area (Å²) in [5.74, 6) is 0.764. The average molecular weight is 196 g/mol. The molecule has 78 valence electrons. The normalized spacial score (nSPS) is 12.5. The molecule has 0 aliphatic heterocycles. The highest BCUT2D eigenvalue weighted by Gasteiger charge is 1.99. The van der Waals surface area contributed by atoms with Gasteiger partial charge in [0.05, 0.1) is 12.7 Å². The second-order valence-corrected chi connectivity index (χ2v) is 3.24. The van der Waals surface area contributed by atoms with Crippen molar-refractivity contribution in [2.75, 3.05) is 13.7 Å². The van der Waals surface area contributed by atoms with E-state index < -0.39 is 6.10 Å². The predicted molar refractivity (Wildman–Crippen MR) is 54.3 cm³/mol. The van der Waals surface area contributed by atoms with Crippen molar-refractivity contribution in [1.29, 1.82) is 0 Å². The molecule has 0 aliphatic carbocycles. The van der Waals surface area contributed by atoms with E-state index in [2.05, 4.69) is 0 Å². The van der Waals surface area contributed by atoms with Gasteiger partial charge < -0.3 is 14.6 Å². The molecule has 14 heavy (non-hydrogen) atoms. The minimum Gasteiger partial charge on any atom is -0.491 e. The third kappa shape index (κ3) is 3.77. The van der Waals surface area contributed by atoms with Gasteiger partial charge >= 0.3 is 0 Å². The lowest BCUT2D eigenvalue weighted by Gasteiger charge is -2.09. The number of benzene rings is 1. The van der Waals surface area contributed by atoms with E-state index in [1.54, 1.807) is 14.0 Å². The summed E-state index contributed by atoms with van der Waals surface area (Å²) < 4.78 is 10.4. The average Bonchev–Trinajstić information content (AvgIpc) is 2.16. The highest BCUT2D eigenvalue weighted by Crippen LogP contribution is 2.13. The van der Waals surface area contributed by atoms with Crippen LogP contribution in [0.25, 0.3) is 0 Å². The molecular weight excluding hydrogens is 180 g/mol. The maximum atomic E-state index is 9.04. The van der Waals surface area contributed by atoms with Crippen LogP contribution in [-0.4, -0.2) is 24.9 Å². The van der Waals surface area contributed by atoms with Gasteiger partial charge in [-0.3, -0.25) is 0 Å². The molecule has 0 fully saturated rings. The summed E-state index contributed by atoms with van der Waals surface area (Å²) in [6, 6.07) is 7.65. The fourth-order valence-corrected chi connectivity index (χ4v) is 1.11. The van der Waals surface area contributed by atoms with Crippen molar-refractivity contribution in [2.45, 2.75) is 19.6 Å². The standard InChI is InChI=1S/C11H16O3/c1-9(12)7-14-11-5-3-4-10(6-11)8-13-2/h3-6,9,12H,7-8H2,1-2H3/t9-/m1/s1. The van der Waals surface area contributed by atoms with Gasteiger partial charge in [0.25, 0.3) is 0 Å². The van der Waals surface area contributed by atoms with Crippen molar-refractivity contribution in [2.24, 2.45) is 0 Å². The lowest BCUT2D eigenvalue weighted by Crippen LogP contribution is -2.12. The van der Waals surface area contributed by atoms with Crippen LogP contribution in [0.15, 0.2) is 24.3 Å². The zero-order valence-corrected chi connectivity index (χ0v) is 8.56. The van der Waals surface area contributed by atoms with Crippen molar-refractivity contribution in [3.8, 4) is 5.75 Å². The largest absolute Gasteiger partial charge is 0.491 e. The topological polar surface area (TPSA) is 38.7 Å². The molecule has 0 spiro atoms. The molecular formula is C11H16O3. The molecule has 1 rings (SSSR count). The zero-order chi connectivity index (χ0) is 10.4. The van der Waals surface area contributed by atoms with E-state index >= 15 is 0 Å². The molecule has 0 heterocycles. The number of aliphatic hydroxyl groups excluding tert-OH is 1. The Morgan fingerprint density at radius 2 is 2.21 bits per heavy atom. The number of methoxy groups -OCH3 is 1. The Balaban J connectivity index is 2.54. The molecule has 3 nitrogen and oxygen atoms in total. The highest BCUT2D eigenvalue weighted by molar-refractivity contribution is 5.28. The van der Waals surface area contributed by atoms with Crippen LogP contribution in [0.3, 0.4) is 0 Å². The van der Waals surface area contributed by atoms with Crippen LogP contribution in [-0.2, 0) is 11.3 Å². The molecule has 0 aromatic heterocycles. The lowest BCUT2D eigenvalue weighted by atomic mass is 10.2. The van der Waals surface area contributed by atoms with E-state index in [4.69, 9.17) is 14.6 Å². The van der Waals surface area contributed by atoms with Crippen LogP contribution >= 0.6 is 0 Å². The third-order valence-corrected chi connectivity index (χ3v) is 1.70. The minimum atomic E-state index is -0.443. The molecule has 0 amide bonds. The second-order valence-electron chi connectivity index (χ2n) is 3.24. The van der Waals surface area contributed by atoms with Gasteiger partial charge in [0.2, 0.25) is 0 Å². The van der Waals surface area contributed by atoms with Crippen molar-refractivity contribution < 1.29 is 14.6 Å². The molecule has 0 aliphatic rings. The van der Waals surface area contributed by atoms with Gasteiger partial charge in [-0.05, 0) is 24.6 Å². The quantitative estimate of drug-likeness (QED) is 0.777. The first kappa shape index (κ1) is 11.0. The van der Waals surface area contributed by atoms with E-state index in [-0.39, 0.29) is 0 Å². The van der Waals surface area contributed by atoms with Gasteiger partial charge in [-0.2, -0.15) is 0 Å². The first-order valence-corrected chi connectivity index (χ1v) is 4.61. The van der Waals surface area contributed by atoms with Gasteiger partial charge in [0.15, 0.2) is 0 Å². The fourth-order valence-electron chi connectivity index (χ4n) is 1.11. The van der Waals surface area contributed by atoms with Crippen molar-refractivity contribution in [3.63, 3.8) is 0 Å². The van der Waals surface area contributed by atoms with Crippen molar-refractivity contribution in [1.82, 2.24) is 0 Å². The van der Waals surface area contributed by atoms with Gasteiger partial charge in [-0.25, -0.2) is 0 Å². The van der Waals surface area contributed by atoms with Crippen LogP contribution < -0.4 is 4.74 Å². The first-order chi connectivity index (χ1) is 6.72. The van der Waals surface area contributed by atoms with Crippen LogP contribution in [0.2, 0.25) is 0 Å². The first-order valence-electron chi connectivity index (χ1n) is 4.61. The molecule has 1 N–H and O–H groups in total. The Bertz CT molecular complexity index is 271. The number of hydrogen-bond donors (Lipinski definition) is 1. The highest BCUT2D eigenvalue weighted by atomic mass is 16.5. The van der Waals surface area contributed by atoms with E-state index in [1.165, 1.54) is 0 Å². The summed E-state index contributed by atoms with van der Waals surface area (Å²) in [6.07, 6.45) is -0.443. The van der Waals surface area contributed by atoms with Gasteiger partial charge in [-0.1, -0.05) is 12.1 Å². The Kier molecular flexibility index (Phi) is 4.43. The Labute approximate surface area is 84.3 Å². The summed E-state index contributed by atoms with van der Waals surface area (Å²) >= 11 is 0. The summed E-state index contributed by atoms with van der Waals surface area (Å²) in [5.41, 5.74) is 1.07. The van der Waals surface area contributed by atoms with Crippen LogP contribution in [0, 0.1) is 0 Å². The molecule has 0 bridgehead atoms. The number of hydrogen-bond acceptors (Lipinski definition) is 3. The van der Waals surface area contributed by atoms with Crippen LogP contribution in [0.5, 0.6) is 5.75 Å². The molecule has 1 aromatic rings. The zero-order valence-electron chi connectivity index (χ0n) is 8.56. The van der Waals surface area contributed by atoms with Crippen LogP contribution in [0.1, 0.15) is 12.5 Å². The third-order valence-electron chi connectivity index (χ3n) is 1.70. The summed E-state index contributed by atoms with van der Waals surface area (Å²) in [6.45, 7) is 2.58.